The largest absolute Gasteiger partial charge is 0.333 e. The Morgan fingerprint density at radius 3 is 1.86 bits per heavy atom. The fourth-order valence-corrected chi connectivity index (χ4v) is 5.64. The maximum Gasteiger partial charge on any atom is 0.0715 e. The number of aromatic nitrogens is 1. The maximum atomic E-state index is 5.06. The van der Waals surface area contributed by atoms with Crippen LogP contribution in [0.1, 0.15) is 11.5 Å². The van der Waals surface area contributed by atoms with E-state index in [0.29, 0.717) is 5.92 Å². The molecule has 0 bridgehead atoms. The van der Waals surface area contributed by atoms with Crippen LogP contribution in [0.3, 0.4) is 0 Å². The van der Waals surface area contributed by atoms with Crippen LogP contribution >= 0.6 is 0 Å². The van der Waals surface area contributed by atoms with Crippen molar-refractivity contribution in [3.8, 4) is 33.6 Å². The van der Waals surface area contributed by atoms with Crippen LogP contribution in [-0.4, -0.2) is 11.0 Å². The number of benzene rings is 4. The summed E-state index contributed by atoms with van der Waals surface area (Å²) >= 11 is 0. The van der Waals surface area contributed by atoms with E-state index in [2.05, 4.69) is 138 Å². The first-order chi connectivity index (χ1) is 18.3. The molecule has 0 saturated heterocycles. The number of hydrogen-bond donors (Lipinski definition) is 0. The molecule has 1 aliphatic carbocycles. The Morgan fingerprint density at radius 1 is 0.514 bits per heavy atom. The van der Waals surface area contributed by atoms with E-state index in [4.69, 9.17) is 4.98 Å². The number of pyridine rings is 1. The zero-order valence-electron chi connectivity index (χ0n) is 20.4. The summed E-state index contributed by atoms with van der Waals surface area (Å²) < 4.78 is 0. The average Bonchev–Trinajstić information content (AvgIpc) is 3.32. The van der Waals surface area contributed by atoms with Crippen molar-refractivity contribution in [2.45, 2.75) is 12.0 Å². The molecule has 2 aliphatic rings. The SMILES string of the molecule is C1=CC2c3ccccc3N(c3cccc(-c4cc(-c5ccccc5)nc(-c5ccccc5)c4)c3)C2C=C1. The quantitative estimate of drug-likeness (QED) is 0.259. The summed E-state index contributed by atoms with van der Waals surface area (Å²) in [4.78, 5) is 7.54. The summed E-state index contributed by atoms with van der Waals surface area (Å²) in [5.74, 6) is 0.375. The molecule has 7 rings (SSSR count). The molecular formula is C35H26N2. The molecule has 37 heavy (non-hydrogen) atoms. The third-order valence-electron chi connectivity index (χ3n) is 7.38. The van der Waals surface area contributed by atoms with Gasteiger partial charge in [0.25, 0.3) is 0 Å². The second-order valence-electron chi connectivity index (χ2n) is 9.62. The van der Waals surface area contributed by atoms with E-state index in [1.54, 1.807) is 0 Å². The lowest BCUT2D eigenvalue weighted by molar-refractivity contribution is 0.745. The van der Waals surface area contributed by atoms with Crippen molar-refractivity contribution >= 4 is 11.4 Å². The standard InChI is InChI=1S/C35H26N2/c1-3-12-25(13-4-1)32-23-28(24-33(36-32)26-14-5-2-6-15-26)27-16-11-17-29(22-27)37-34-20-9-7-18-30(34)31-19-8-10-21-35(31)37/h1-24,30,34H. The van der Waals surface area contributed by atoms with E-state index in [1.807, 2.05) is 12.1 Å². The summed E-state index contributed by atoms with van der Waals surface area (Å²) in [5.41, 5.74) is 10.4. The normalized spacial score (nSPS) is 17.5. The molecular weight excluding hydrogens is 448 g/mol. The van der Waals surface area contributed by atoms with Crippen LogP contribution < -0.4 is 4.90 Å². The van der Waals surface area contributed by atoms with Crippen molar-refractivity contribution < 1.29 is 0 Å². The number of rotatable bonds is 4. The van der Waals surface area contributed by atoms with Gasteiger partial charge in [-0.15, -0.1) is 0 Å². The van der Waals surface area contributed by atoms with Gasteiger partial charge in [-0.3, -0.25) is 0 Å². The molecule has 2 unspecified atom stereocenters. The van der Waals surface area contributed by atoms with Crippen LogP contribution in [-0.2, 0) is 0 Å². The summed E-state index contributed by atoms with van der Waals surface area (Å²) in [6.07, 6.45) is 9.00. The van der Waals surface area contributed by atoms with Crippen LogP contribution in [0.5, 0.6) is 0 Å². The highest BCUT2D eigenvalue weighted by molar-refractivity contribution is 5.81. The van der Waals surface area contributed by atoms with Gasteiger partial charge in [0, 0.05) is 28.4 Å². The predicted octanol–water partition coefficient (Wildman–Crippen LogP) is 8.81. The van der Waals surface area contributed by atoms with Crippen molar-refractivity contribution in [1.29, 1.82) is 0 Å². The van der Waals surface area contributed by atoms with Gasteiger partial charge >= 0.3 is 0 Å². The average molecular weight is 475 g/mol. The first kappa shape index (κ1) is 21.6. The molecule has 0 spiro atoms. The van der Waals surface area contributed by atoms with Crippen LogP contribution in [0.15, 0.2) is 146 Å². The summed E-state index contributed by atoms with van der Waals surface area (Å²) in [6, 6.07) is 43.3. The minimum atomic E-state index is 0.287. The van der Waals surface area contributed by atoms with Gasteiger partial charge in [-0.25, -0.2) is 4.98 Å². The minimum Gasteiger partial charge on any atom is -0.333 e. The third-order valence-corrected chi connectivity index (χ3v) is 7.38. The van der Waals surface area contributed by atoms with Crippen molar-refractivity contribution in [3.63, 3.8) is 0 Å². The number of para-hydroxylation sites is 1. The fourth-order valence-electron chi connectivity index (χ4n) is 5.64. The minimum absolute atomic E-state index is 0.287. The Hall–Kier alpha value is -4.69. The van der Waals surface area contributed by atoms with Crippen LogP contribution in [0.2, 0.25) is 0 Å². The van der Waals surface area contributed by atoms with Crippen LogP contribution in [0, 0.1) is 0 Å². The first-order valence-corrected chi connectivity index (χ1v) is 12.8. The monoisotopic (exact) mass is 474 g/mol. The molecule has 0 N–H and O–H groups in total. The Bertz CT molecular complexity index is 1580. The van der Waals surface area contributed by atoms with E-state index in [0.717, 1.165) is 28.1 Å². The lowest BCUT2D eigenvalue weighted by Crippen LogP contribution is -2.28. The number of allylic oxidation sites excluding steroid dienone is 2. The zero-order valence-corrected chi connectivity index (χ0v) is 20.4. The fraction of sp³-hybridized carbons (Fsp3) is 0.0571. The highest BCUT2D eigenvalue weighted by Crippen LogP contribution is 2.48. The summed E-state index contributed by atoms with van der Waals surface area (Å²) in [5, 5.41) is 0. The highest BCUT2D eigenvalue weighted by Gasteiger charge is 2.36. The molecule has 2 heteroatoms. The van der Waals surface area contributed by atoms with Crippen molar-refractivity contribution in [3.05, 3.63) is 151 Å². The molecule has 0 amide bonds. The smallest absolute Gasteiger partial charge is 0.0715 e. The second kappa shape index (κ2) is 9.07. The molecule has 2 nitrogen and oxygen atoms in total. The lowest BCUT2D eigenvalue weighted by Gasteiger charge is -2.29. The van der Waals surface area contributed by atoms with E-state index < -0.39 is 0 Å². The molecule has 0 fully saturated rings. The molecule has 1 aliphatic heterocycles. The number of fused-ring (bicyclic) bond motifs is 3. The third kappa shape index (κ3) is 3.88. The Labute approximate surface area is 217 Å². The Balaban J connectivity index is 1.36. The van der Waals surface area contributed by atoms with Gasteiger partial charge in [-0.2, -0.15) is 0 Å². The van der Waals surface area contributed by atoms with Gasteiger partial charge < -0.3 is 4.90 Å². The lowest BCUT2D eigenvalue weighted by atomic mass is 9.91. The summed E-state index contributed by atoms with van der Waals surface area (Å²) in [6.45, 7) is 0. The van der Waals surface area contributed by atoms with Gasteiger partial charge in [0.15, 0.2) is 0 Å². The maximum absolute atomic E-state index is 5.06. The number of hydrogen-bond acceptors (Lipinski definition) is 2. The van der Waals surface area contributed by atoms with Gasteiger partial charge in [-0.1, -0.05) is 115 Å². The van der Waals surface area contributed by atoms with E-state index in [-0.39, 0.29) is 6.04 Å². The van der Waals surface area contributed by atoms with E-state index >= 15 is 0 Å². The Kier molecular flexibility index (Phi) is 5.29. The predicted molar refractivity (Wildman–Crippen MR) is 154 cm³/mol. The highest BCUT2D eigenvalue weighted by atomic mass is 15.2. The van der Waals surface area contributed by atoms with Gasteiger partial charge in [0.2, 0.25) is 0 Å². The number of nitrogens with zero attached hydrogens (tertiary/aromatic N) is 2. The molecule has 2 heterocycles. The Morgan fingerprint density at radius 2 is 1.14 bits per heavy atom. The molecule has 2 atom stereocenters. The summed E-state index contributed by atoms with van der Waals surface area (Å²) in [7, 11) is 0. The van der Waals surface area contributed by atoms with Crippen LogP contribution in [0.4, 0.5) is 11.4 Å². The van der Waals surface area contributed by atoms with Gasteiger partial charge in [-0.05, 0) is 47.0 Å². The second-order valence-corrected chi connectivity index (χ2v) is 9.62. The molecule has 0 saturated carbocycles. The van der Waals surface area contributed by atoms with Crippen molar-refractivity contribution in [1.82, 2.24) is 4.98 Å². The zero-order chi connectivity index (χ0) is 24.6. The van der Waals surface area contributed by atoms with E-state index in [1.165, 1.54) is 22.5 Å². The van der Waals surface area contributed by atoms with Crippen LogP contribution in [0.25, 0.3) is 33.6 Å². The van der Waals surface area contributed by atoms with Crippen molar-refractivity contribution in [2.75, 3.05) is 4.90 Å². The van der Waals surface area contributed by atoms with E-state index in [9.17, 15) is 0 Å². The van der Waals surface area contributed by atoms with Crippen molar-refractivity contribution in [2.24, 2.45) is 0 Å². The topological polar surface area (TPSA) is 16.1 Å². The molecule has 176 valence electrons. The van der Waals surface area contributed by atoms with Gasteiger partial charge in [0.05, 0.1) is 17.4 Å². The molecule has 1 aromatic heterocycles. The first-order valence-electron chi connectivity index (χ1n) is 12.8. The molecule has 4 aromatic carbocycles. The molecule has 5 aromatic rings. The molecule has 0 radical (unpaired) electrons. The number of anilines is 2. The van der Waals surface area contributed by atoms with Gasteiger partial charge in [0.1, 0.15) is 0 Å².